The molecule has 0 fully saturated rings. The molecule has 0 saturated heterocycles. The molecule has 0 heterocycles. The molecule has 1 N–H and O–H groups in total. The molecular weight excluding hydrogens is 348 g/mol. The van der Waals surface area contributed by atoms with E-state index < -0.39 is 0 Å². The molecule has 158 valence electrons. The topological polar surface area (TPSA) is 50.7 Å². The van der Waals surface area contributed by atoms with E-state index in [0.717, 1.165) is 24.2 Å². The van der Waals surface area contributed by atoms with Gasteiger partial charge in [0.15, 0.2) is 0 Å². The minimum absolute atomic E-state index is 0.00663. The van der Waals surface area contributed by atoms with E-state index in [1.807, 2.05) is 24.3 Å². The molecule has 0 saturated carbocycles. The van der Waals surface area contributed by atoms with E-state index in [1.54, 1.807) is 13.3 Å². The van der Waals surface area contributed by atoms with E-state index in [9.17, 15) is 4.79 Å². The van der Waals surface area contributed by atoms with Gasteiger partial charge in [-0.15, -0.1) is 0 Å². The van der Waals surface area contributed by atoms with Crippen molar-refractivity contribution in [2.75, 3.05) is 7.11 Å². The van der Waals surface area contributed by atoms with Crippen molar-refractivity contribution in [3.63, 3.8) is 0 Å². The maximum Gasteiger partial charge on any atom is 0.240 e. The highest BCUT2D eigenvalue weighted by atomic mass is 16.5. The largest absolute Gasteiger partial charge is 0.497 e. The van der Waals surface area contributed by atoms with Crippen molar-refractivity contribution in [3.05, 3.63) is 29.8 Å². The number of rotatable bonds is 17. The predicted octanol–water partition coefficient (Wildman–Crippen LogP) is 6.63. The number of carbonyl (C=O) groups is 1. The Kier molecular flexibility index (Phi) is 14.9. The van der Waals surface area contributed by atoms with Crippen molar-refractivity contribution in [2.45, 2.75) is 96.8 Å². The molecule has 1 aromatic carbocycles. The standard InChI is InChI=1S/C24H40N2O2/c1-3-4-5-6-7-8-9-10-11-12-13-14-15-16-24(27)26-25-21-22-17-19-23(28-2)20-18-22/h17-21H,3-16H2,1-2H3,(H,26,27). The predicted molar refractivity (Wildman–Crippen MR) is 119 cm³/mol. The number of amides is 1. The van der Waals surface area contributed by atoms with E-state index in [0.29, 0.717) is 6.42 Å². The molecule has 1 rings (SSSR count). The quantitative estimate of drug-likeness (QED) is 0.185. The van der Waals surface area contributed by atoms with Gasteiger partial charge in [0.1, 0.15) is 5.75 Å². The summed E-state index contributed by atoms with van der Waals surface area (Å²) in [6, 6.07) is 7.55. The molecule has 0 aliphatic rings. The zero-order valence-corrected chi connectivity index (χ0v) is 18.0. The minimum Gasteiger partial charge on any atom is -0.497 e. The summed E-state index contributed by atoms with van der Waals surface area (Å²) in [5.74, 6) is 0.802. The third-order valence-corrected chi connectivity index (χ3v) is 5.03. The first-order chi connectivity index (χ1) is 13.8. The smallest absolute Gasteiger partial charge is 0.240 e. The Morgan fingerprint density at radius 1 is 0.857 bits per heavy atom. The SMILES string of the molecule is CCCCCCCCCCCCCCCC(=O)NN=Cc1ccc(OC)cc1. The van der Waals surface area contributed by atoms with Gasteiger partial charge in [-0.05, 0) is 36.2 Å². The van der Waals surface area contributed by atoms with Crippen LogP contribution in [0.5, 0.6) is 5.75 Å². The average molecular weight is 389 g/mol. The molecule has 0 aliphatic heterocycles. The molecule has 0 atom stereocenters. The number of benzene rings is 1. The van der Waals surface area contributed by atoms with Crippen LogP contribution < -0.4 is 10.2 Å². The second kappa shape index (κ2) is 17.3. The van der Waals surface area contributed by atoms with E-state index in [-0.39, 0.29) is 5.91 Å². The van der Waals surface area contributed by atoms with Gasteiger partial charge in [0.05, 0.1) is 13.3 Å². The molecule has 4 heteroatoms. The number of nitrogens with zero attached hydrogens (tertiary/aromatic N) is 1. The van der Waals surface area contributed by atoms with Gasteiger partial charge >= 0.3 is 0 Å². The van der Waals surface area contributed by atoms with Crippen LogP contribution in [0.2, 0.25) is 0 Å². The highest BCUT2D eigenvalue weighted by Crippen LogP contribution is 2.13. The fourth-order valence-corrected chi connectivity index (χ4v) is 3.23. The maximum absolute atomic E-state index is 11.8. The summed E-state index contributed by atoms with van der Waals surface area (Å²) in [6.45, 7) is 2.27. The van der Waals surface area contributed by atoms with Gasteiger partial charge < -0.3 is 4.74 Å². The van der Waals surface area contributed by atoms with Gasteiger partial charge in [0.2, 0.25) is 5.91 Å². The zero-order chi connectivity index (χ0) is 20.3. The van der Waals surface area contributed by atoms with Gasteiger partial charge in [-0.1, -0.05) is 84.0 Å². The van der Waals surface area contributed by atoms with Crippen LogP contribution in [0.25, 0.3) is 0 Å². The fraction of sp³-hybridized carbons (Fsp3) is 0.667. The number of hydrazone groups is 1. The number of nitrogens with one attached hydrogen (secondary N) is 1. The summed E-state index contributed by atoms with van der Waals surface area (Å²) >= 11 is 0. The van der Waals surface area contributed by atoms with Gasteiger partial charge in [-0.3, -0.25) is 4.79 Å². The molecule has 1 aromatic rings. The van der Waals surface area contributed by atoms with Gasteiger partial charge in [0.25, 0.3) is 0 Å². The van der Waals surface area contributed by atoms with E-state index in [4.69, 9.17) is 4.74 Å². The highest BCUT2D eigenvalue weighted by Gasteiger charge is 1.99. The lowest BCUT2D eigenvalue weighted by Crippen LogP contribution is -2.16. The molecule has 0 unspecified atom stereocenters. The van der Waals surface area contributed by atoms with Gasteiger partial charge in [0, 0.05) is 6.42 Å². The number of hydrogen-bond acceptors (Lipinski definition) is 3. The molecule has 0 aromatic heterocycles. The number of carbonyl (C=O) groups excluding carboxylic acids is 1. The van der Waals surface area contributed by atoms with Crippen LogP contribution in [0.4, 0.5) is 0 Å². The van der Waals surface area contributed by atoms with Crippen molar-refractivity contribution in [2.24, 2.45) is 5.10 Å². The molecule has 0 bridgehead atoms. The van der Waals surface area contributed by atoms with Gasteiger partial charge in [-0.25, -0.2) is 5.43 Å². The number of unbranched alkanes of at least 4 members (excludes halogenated alkanes) is 12. The Labute approximate surface area is 172 Å². The van der Waals surface area contributed by atoms with Crippen molar-refractivity contribution in [1.29, 1.82) is 0 Å². The van der Waals surface area contributed by atoms with Crippen LogP contribution in [0.15, 0.2) is 29.4 Å². The highest BCUT2D eigenvalue weighted by molar-refractivity contribution is 5.82. The molecule has 0 spiro atoms. The third kappa shape index (κ3) is 13.3. The Bertz CT molecular complexity index is 526. The lowest BCUT2D eigenvalue weighted by Gasteiger charge is -2.03. The summed E-state index contributed by atoms with van der Waals surface area (Å²) in [6.07, 6.45) is 19.3. The molecular formula is C24H40N2O2. The summed E-state index contributed by atoms with van der Waals surface area (Å²) in [7, 11) is 1.64. The molecule has 0 radical (unpaired) electrons. The van der Waals surface area contributed by atoms with Crippen LogP contribution in [0, 0.1) is 0 Å². The van der Waals surface area contributed by atoms with Crippen molar-refractivity contribution in [1.82, 2.24) is 5.43 Å². The van der Waals surface area contributed by atoms with Crippen molar-refractivity contribution in [3.8, 4) is 5.75 Å². The molecule has 4 nitrogen and oxygen atoms in total. The first kappa shape index (κ1) is 24.2. The Hall–Kier alpha value is -1.84. The summed E-state index contributed by atoms with van der Waals surface area (Å²) in [4.78, 5) is 11.8. The lowest BCUT2D eigenvalue weighted by atomic mass is 10.0. The normalized spacial score (nSPS) is 11.1. The second-order valence-corrected chi connectivity index (χ2v) is 7.56. The van der Waals surface area contributed by atoms with E-state index >= 15 is 0 Å². The van der Waals surface area contributed by atoms with Crippen LogP contribution in [0.1, 0.15) is 102 Å². The van der Waals surface area contributed by atoms with Crippen LogP contribution in [-0.4, -0.2) is 19.2 Å². The van der Waals surface area contributed by atoms with Crippen LogP contribution >= 0.6 is 0 Å². The first-order valence-corrected chi connectivity index (χ1v) is 11.2. The minimum atomic E-state index is -0.00663. The van der Waals surface area contributed by atoms with Crippen molar-refractivity contribution < 1.29 is 9.53 Å². The Morgan fingerprint density at radius 3 is 1.86 bits per heavy atom. The molecule has 28 heavy (non-hydrogen) atoms. The van der Waals surface area contributed by atoms with E-state index in [2.05, 4.69) is 17.5 Å². The van der Waals surface area contributed by atoms with Gasteiger partial charge in [-0.2, -0.15) is 5.10 Å². The zero-order valence-electron chi connectivity index (χ0n) is 18.0. The van der Waals surface area contributed by atoms with E-state index in [1.165, 1.54) is 70.6 Å². The monoisotopic (exact) mass is 388 g/mol. The number of methoxy groups -OCH3 is 1. The van der Waals surface area contributed by atoms with Crippen LogP contribution in [-0.2, 0) is 4.79 Å². The first-order valence-electron chi connectivity index (χ1n) is 11.2. The third-order valence-electron chi connectivity index (χ3n) is 5.03. The molecule has 1 amide bonds. The number of hydrogen-bond donors (Lipinski definition) is 1. The molecule has 0 aliphatic carbocycles. The summed E-state index contributed by atoms with van der Waals surface area (Å²) < 4.78 is 5.11. The Morgan fingerprint density at radius 2 is 1.36 bits per heavy atom. The van der Waals surface area contributed by atoms with Crippen molar-refractivity contribution >= 4 is 12.1 Å². The average Bonchev–Trinajstić information content (AvgIpc) is 2.72. The Balaban J connectivity index is 1.90. The van der Waals surface area contributed by atoms with Crippen LogP contribution in [0.3, 0.4) is 0 Å². The summed E-state index contributed by atoms with van der Waals surface area (Å²) in [5, 5.41) is 4.01. The summed E-state index contributed by atoms with van der Waals surface area (Å²) in [5.41, 5.74) is 3.53. The second-order valence-electron chi connectivity index (χ2n) is 7.56. The lowest BCUT2D eigenvalue weighted by molar-refractivity contribution is -0.121. The maximum atomic E-state index is 11.8. The fourth-order valence-electron chi connectivity index (χ4n) is 3.23. The number of ether oxygens (including phenoxy) is 1.